The summed E-state index contributed by atoms with van der Waals surface area (Å²) in [7, 11) is 0. The fraction of sp³-hybridized carbons (Fsp3) is 0.357. The molecule has 1 aromatic heterocycles. The number of benzene rings is 1. The van der Waals surface area contributed by atoms with Crippen molar-refractivity contribution in [2.45, 2.75) is 13.3 Å². The van der Waals surface area contributed by atoms with E-state index in [9.17, 15) is 0 Å². The Morgan fingerprint density at radius 1 is 1.33 bits per heavy atom. The van der Waals surface area contributed by atoms with Crippen molar-refractivity contribution >= 4 is 22.1 Å². The highest BCUT2D eigenvalue weighted by Crippen LogP contribution is 2.27. The Kier molecular flexibility index (Phi) is 4.36. The molecule has 1 heterocycles. The first-order valence-electron chi connectivity index (χ1n) is 6.26. The average molecular weight is 245 g/mol. The van der Waals surface area contributed by atoms with Crippen LogP contribution in [0.15, 0.2) is 30.6 Å². The third kappa shape index (κ3) is 2.90. The molecule has 0 fully saturated rings. The molecule has 0 amide bonds. The van der Waals surface area contributed by atoms with E-state index in [1.807, 2.05) is 31.3 Å². The van der Waals surface area contributed by atoms with Gasteiger partial charge in [0, 0.05) is 42.9 Å². The maximum absolute atomic E-state index is 6.14. The lowest BCUT2D eigenvalue weighted by Gasteiger charge is -2.11. The smallest absolute Gasteiger partial charge is 0.0630 e. The number of nitrogens with zero attached hydrogens (tertiary/aromatic N) is 1. The third-order valence-electron chi connectivity index (χ3n) is 2.85. The molecule has 0 spiro atoms. The number of aromatic nitrogens is 1. The number of fused-ring (bicyclic) bond motifs is 1. The van der Waals surface area contributed by atoms with Crippen LogP contribution in [0.1, 0.15) is 13.3 Å². The van der Waals surface area contributed by atoms with Crippen LogP contribution in [0.2, 0.25) is 0 Å². The number of anilines is 2. The zero-order chi connectivity index (χ0) is 12.8. The lowest BCUT2D eigenvalue weighted by atomic mass is 10.1. The normalized spacial score (nSPS) is 10.7. The van der Waals surface area contributed by atoms with Crippen molar-refractivity contribution in [3.05, 3.63) is 30.6 Å². The molecule has 0 aliphatic carbocycles. The van der Waals surface area contributed by atoms with E-state index >= 15 is 0 Å². The average Bonchev–Trinajstić information content (AvgIpc) is 2.41. The van der Waals surface area contributed by atoms with E-state index < -0.39 is 0 Å². The molecular weight excluding hydrogens is 226 g/mol. The summed E-state index contributed by atoms with van der Waals surface area (Å²) in [6.07, 6.45) is 4.56. The molecule has 0 atom stereocenters. The number of nitrogens with two attached hydrogens (primary N) is 1. The molecule has 4 heteroatoms. The van der Waals surface area contributed by atoms with Gasteiger partial charge >= 0.3 is 0 Å². The Balaban J connectivity index is 2.03. The fourth-order valence-corrected chi connectivity index (χ4v) is 1.89. The number of hydrogen-bond acceptors (Lipinski definition) is 4. The Bertz CT molecular complexity index is 513. The second-order valence-corrected chi connectivity index (χ2v) is 4.10. The summed E-state index contributed by atoms with van der Waals surface area (Å²) < 4.78 is 5.29. The largest absolute Gasteiger partial charge is 0.397 e. The summed E-state index contributed by atoms with van der Waals surface area (Å²) in [5, 5.41) is 5.44. The standard InChI is InChI=1S/C14H19N3O/c1-2-18-9-3-7-17-13-5-4-11-10-16-8-6-12(11)14(13)15/h4-6,8,10,17H,2-3,7,9,15H2,1H3. The van der Waals surface area contributed by atoms with Crippen LogP contribution in [0.3, 0.4) is 0 Å². The molecule has 0 aliphatic heterocycles. The Morgan fingerprint density at radius 2 is 2.22 bits per heavy atom. The van der Waals surface area contributed by atoms with Crippen molar-refractivity contribution in [1.29, 1.82) is 0 Å². The van der Waals surface area contributed by atoms with Gasteiger partial charge < -0.3 is 15.8 Å². The van der Waals surface area contributed by atoms with Gasteiger partial charge in [0.25, 0.3) is 0 Å². The zero-order valence-corrected chi connectivity index (χ0v) is 10.6. The molecule has 4 nitrogen and oxygen atoms in total. The highest BCUT2D eigenvalue weighted by molar-refractivity contribution is 5.98. The maximum Gasteiger partial charge on any atom is 0.0630 e. The summed E-state index contributed by atoms with van der Waals surface area (Å²) in [5.41, 5.74) is 7.90. The first-order chi connectivity index (χ1) is 8.83. The topological polar surface area (TPSA) is 60.2 Å². The molecule has 2 rings (SSSR count). The van der Waals surface area contributed by atoms with Gasteiger partial charge in [0.1, 0.15) is 0 Å². The van der Waals surface area contributed by atoms with Crippen LogP contribution >= 0.6 is 0 Å². The first-order valence-corrected chi connectivity index (χ1v) is 6.26. The Labute approximate surface area is 107 Å². The molecule has 0 aliphatic rings. The van der Waals surface area contributed by atoms with E-state index in [0.717, 1.165) is 48.3 Å². The quantitative estimate of drug-likeness (QED) is 0.606. The number of ether oxygens (including phenoxy) is 1. The lowest BCUT2D eigenvalue weighted by Crippen LogP contribution is -2.07. The summed E-state index contributed by atoms with van der Waals surface area (Å²) in [5.74, 6) is 0. The third-order valence-corrected chi connectivity index (χ3v) is 2.85. The summed E-state index contributed by atoms with van der Waals surface area (Å²) in [6.45, 7) is 4.41. The van der Waals surface area contributed by atoms with E-state index in [4.69, 9.17) is 10.5 Å². The van der Waals surface area contributed by atoms with Crippen LogP contribution < -0.4 is 11.1 Å². The van der Waals surface area contributed by atoms with Gasteiger partial charge in [0.2, 0.25) is 0 Å². The number of nitrogen functional groups attached to an aromatic ring is 1. The van der Waals surface area contributed by atoms with Crippen molar-refractivity contribution in [3.8, 4) is 0 Å². The fourth-order valence-electron chi connectivity index (χ4n) is 1.89. The minimum Gasteiger partial charge on any atom is -0.397 e. The van der Waals surface area contributed by atoms with Crippen LogP contribution in [0.4, 0.5) is 11.4 Å². The SMILES string of the molecule is CCOCCCNc1ccc2cnccc2c1N. The molecule has 3 N–H and O–H groups in total. The summed E-state index contributed by atoms with van der Waals surface area (Å²) in [4.78, 5) is 4.09. The first kappa shape index (κ1) is 12.6. The van der Waals surface area contributed by atoms with Crippen molar-refractivity contribution in [3.63, 3.8) is 0 Å². The van der Waals surface area contributed by atoms with Gasteiger partial charge in [0.15, 0.2) is 0 Å². The van der Waals surface area contributed by atoms with E-state index in [1.165, 1.54) is 0 Å². The summed E-state index contributed by atoms with van der Waals surface area (Å²) in [6, 6.07) is 5.97. The van der Waals surface area contributed by atoms with E-state index in [1.54, 1.807) is 6.20 Å². The molecule has 1 aromatic carbocycles. The maximum atomic E-state index is 6.14. The zero-order valence-electron chi connectivity index (χ0n) is 10.6. The summed E-state index contributed by atoms with van der Waals surface area (Å²) >= 11 is 0. The predicted octanol–water partition coefficient (Wildman–Crippen LogP) is 2.66. The molecular formula is C14H19N3O. The van der Waals surface area contributed by atoms with Crippen molar-refractivity contribution in [1.82, 2.24) is 4.98 Å². The lowest BCUT2D eigenvalue weighted by molar-refractivity contribution is 0.147. The number of hydrogen-bond donors (Lipinski definition) is 2. The van der Waals surface area contributed by atoms with E-state index in [-0.39, 0.29) is 0 Å². The number of nitrogens with one attached hydrogen (secondary N) is 1. The van der Waals surface area contributed by atoms with Gasteiger partial charge in [-0.1, -0.05) is 6.07 Å². The molecule has 0 unspecified atom stereocenters. The second-order valence-electron chi connectivity index (χ2n) is 4.10. The Hall–Kier alpha value is -1.81. The minimum atomic E-state index is 0.769. The van der Waals surface area contributed by atoms with Crippen LogP contribution in [0.25, 0.3) is 10.8 Å². The molecule has 2 aromatic rings. The van der Waals surface area contributed by atoms with Gasteiger partial charge in [-0.15, -0.1) is 0 Å². The molecule has 0 bridgehead atoms. The Morgan fingerprint density at radius 3 is 3.06 bits per heavy atom. The van der Waals surface area contributed by atoms with Crippen molar-refractivity contribution in [2.75, 3.05) is 30.8 Å². The molecule has 96 valence electrons. The van der Waals surface area contributed by atoms with Crippen LogP contribution in [0, 0.1) is 0 Å². The monoisotopic (exact) mass is 245 g/mol. The van der Waals surface area contributed by atoms with Gasteiger partial charge in [0.05, 0.1) is 11.4 Å². The highest BCUT2D eigenvalue weighted by atomic mass is 16.5. The van der Waals surface area contributed by atoms with Crippen LogP contribution in [-0.4, -0.2) is 24.7 Å². The van der Waals surface area contributed by atoms with Crippen LogP contribution in [-0.2, 0) is 4.74 Å². The number of rotatable bonds is 6. The van der Waals surface area contributed by atoms with Crippen LogP contribution in [0.5, 0.6) is 0 Å². The molecule has 18 heavy (non-hydrogen) atoms. The highest BCUT2D eigenvalue weighted by Gasteiger charge is 2.03. The molecule has 0 saturated carbocycles. The number of pyridine rings is 1. The minimum absolute atomic E-state index is 0.769. The van der Waals surface area contributed by atoms with Gasteiger partial charge in [-0.25, -0.2) is 0 Å². The van der Waals surface area contributed by atoms with Gasteiger partial charge in [-0.2, -0.15) is 0 Å². The van der Waals surface area contributed by atoms with Crippen molar-refractivity contribution < 1.29 is 4.74 Å². The molecule has 0 radical (unpaired) electrons. The molecule has 0 saturated heterocycles. The van der Waals surface area contributed by atoms with E-state index in [2.05, 4.69) is 10.3 Å². The van der Waals surface area contributed by atoms with Gasteiger partial charge in [-0.05, 0) is 25.5 Å². The predicted molar refractivity (Wildman–Crippen MR) is 75.8 cm³/mol. The van der Waals surface area contributed by atoms with E-state index in [0.29, 0.717) is 0 Å². The van der Waals surface area contributed by atoms with Gasteiger partial charge in [-0.3, -0.25) is 4.98 Å². The van der Waals surface area contributed by atoms with Crippen molar-refractivity contribution in [2.24, 2.45) is 0 Å². The second kappa shape index (κ2) is 6.21.